The minimum atomic E-state index is -0.441. The summed E-state index contributed by atoms with van der Waals surface area (Å²) in [6.07, 6.45) is 6.91. The van der Waals surface area contributed by atoms with Crippen LogP contribution in [0.3, 0.4) is 0 Å². The van der Waals surface area contributed by atoms with Crippen LogP contribution in [0, 0.1) is 5.92 Å². The fraction of sp³-hybridized carbons (Fsp3) is 0.387. The molecular weight excluding hydrogens is 448 g/mol. The number of esters is 1. The van der Waals surface area contributed by atoms with Crippen molar-refractivity contribution < 1.29 is 14.3 Å². The molecule has 5 rings (SSSR count). The maximum Gasteiger partial charge on any atom is 0.339 e. The molecule has 1 aromatic heterocycles. The molecule has 2 heterocycles. The first-order valence-corrected chi connectivity index (χ1v) is 13.1. The predicted octanol–water partition coefficient (Wildman–Crippen LogP) is 6.30. The third-order valence-corrected chi connectivity index (χ3v) is 7.57. The summed E-state index contributed by atoms with van der Waals surface area (Å²) in [5.41, 5.74) is 5.35. The molecule has 0 bridgehead atoms. The molecule has 36 heavy (non-hydrogen) atoms. The molecule has 2 aromatic carbocycles. The zero-order valence-corrected chi connectivity index (χ0v) is 21.4. The van der Waals surface area contributed by atoms with Crippen LogP contribution in [0.1, 0.15) is 73.6 Å². The van der Waals surface area contributed by atoms with Crippen molar-refractivity contribution in [2.75, 3.05) is 6.61 Å². The van der Waals surface area contributed by atoms with Crippen molar-refractivity contribution in [1.29, 1.82) is 0 Å². The van der Waals surface area contributed by atoms with E-state index in [1.807, 2.05) is 47.4 Å². The molecule has 2 aliphatic rings. The first kappa shape index (κ1) is 24.2. The summed E-state index contributed by atoms with van der Waals surface area (Å²) in [5.74, 6) is -0.198. The molecule has 0 radical (unpaired) electrons. The Bertz CT molecular complexity index is 1300. The van der Waals surface area contributed by atoms with Gasteiger partial charge in [-0.05, 0) is 80.7 Å². The van der Waals surface area contributed by atoms with Gasteiger partial charge in [-0.3, -0.25) is 4.79 Å². The highest BCUT2D eigenvalue weighted by Crippen LogP contribution is 2.38. The summed E-state index contributed by atoms with van der Waals surface area (Å²) in [4.78, 5) is 33.6. The summed E-state index contributed by atoms with van der Waals surface area (Å²) < 4.78 is 5.73. The number of hydrogen-bond donors (Lipinski definition) is 0. The Balaban J connectivity index is 1.51. The molecular formula is C31H34N2O3. The number of nitrogens with zero attached hydrogens (tertiary/aromatic N) is 2. The largest absolute Gasteiger partial charge is 0.452 e. The number of likely N-dealkylation sites (tertiary alicyclic amines) is 1. The van der Waals surface area contributed by atoms with E-state index in [2.05, 4.69) is 39.0 Å². The highest BCUT2D eigenvalue weighted by Gasteiger charge is 2.32. The van der Waals surface area contributed by atoms with Crippen LogP contribution >= 0.6 is 0 Å². The van der Waals surface area contributed by atoms with Crippen molar-refractivity contribution in [3.8, 4) is 0 Å². The number of carbonyl (C=O) groups excluding carboxylic acids is 2. The Morgan fingerprint density at radius 2 is 1.67 bits per heavy atom. The molecule has 3 atom stereocenters. The fourth-order valence-electron chi connectivity index (χ4n) is 5.91. The standard InChI is InChI=1S/C31H34N2O3/c1-20-16-24(18-23-12-5-4-6-13-23)30-26(17-20)29(25-14-7-8-15-27(25)32-30)31(35)36-19-28(34)33-21(2)10-9-11-22(33)3/h4-8,12-15,18,20-22H,9-11,16-17,19H2,1-3H3. The molecule has 3 unspecified atom stereocenters. The number of amides is 1. The van der Waals surface area contributed by atoms with Crippen LogP contribution in [0.25, 0.3) is 22.6 Å². The van der Waals surface area contributed by atoms with E-state index in [0.29, 0.717) is 11.5 Å². The van der Waals surface area contributed by atoms with Gasteiger partial charge in [-0.15, -0.1) is 0 Å². The van der Waals surface area contributed by atoms with E-state index in [1.165, 1.54) is 0 Å². The van der Waals surface area contributed by atoms with Crippen LogP contribution in [0.15, 0.2) is 54.6 Å². The summed E-state index contributed by atoms with van der Waals surface area (Å²) in [6, 6.07) is 18.3. The normalized spacial score (nSPS) is 22.9. The lowest BCUT2D eigenvalue weighted by atomic mass is 9.80. The lowest BCUT2D eigenvalue weighted by Gasteiger charge is -2.38. The van der Waals surface area contributed by atoms with Crippen LogP contribution in [0.4, 0.5) is 0 Å². The van der Waals surface area contributed by atoms with Gasteiger partial charge in [0.15, 0.2) is 6.61 Å². The Hall–Kier alpha value is -3.47. The van der Waals surface area contributed by atoms with E-state index in [4.69, 9.17) is 9.72 Å². The lowest BCUT2D eigenvalue weighted by molar-refractivity contribution is -0.140. The molecule has 1 saturated heterocycles. The second-order valence-corrected chi connectivity index (χ2v) is 10.4. The summed E-state index contributed by atoms with van der Waals surface area (Å²) in [5, 5.41) is 0.779. The third kappa shape index (κ3) is 4.79. The van der Waals surface area contributed by atoms with Gasteiger partial charge in [0.2, 0.25) is 0 Å². The number of benzene rings is 2. The van der Waals surface area contributed by atoms with E-state index in [-0.39, 0.29) is 24.6 Å². The maximum atomic E-state index is 13.6. The number of hydrogen-bond acceptors (Lipinski definition) is 4. The zero-order chi connectivity index (χ0) is 25.2. The number of piperidine rings is 1. The van der Waals surface area contributed by atoms with Crippen LogP contribution < -0.4 is 0 Å². The van der Waals surface area contributed by atoms with E-state index < -0.39 is 5.97 Å². The molecule has 5 heteroatoms. The Morgan fingerprint density at radius 1 is 0.972 bits per heavy atom. The number of pyridine rings is 1. The van der Waals surface area contributed by atoms with Crippen LogP contribution in [-0.4, -0.2) is 40.5 Å². The van der Waals surface area contributed by atoms with Crippen molar-refractivity contribution >= 4 is 34.4 Å². The molecule has 1 aliphatic heterocycles. The molecule has 1 amide bonds. The van der Waals surface area contributed by atoms with Crippen LogP contribution in [0.2, 0.25) is 0 Å². The van der Waals surface area contributed by atoms with Crippen molar-refractivity contribution in [2.45, 2.75) is 65.0 Å². The van der Waals surface area contributed by atoms with Gasteiger partial charge in [-0.25, -0.2) is 9.78 Å². The van der Waals surface area contributed by atoms with E-state index in [9.17, 15) is 9.59 Å². The van der Waals surface area contributed by atoms with Crippen molar-refractivity contribution in [1.82, 2.24) is 9.88 Å². The Labute approximate surface area is 213 Å². The van der Waals surface area contributed by atoms with Gasteiger partial charge in [0.05, 0.1) is 16.8 Å². The van der Waals surface area contributed by atoms with Crippen molar-refractivity contribution in [3.05, 3.63) is 77.0 Å². The first-order chi connectivity index (χ1) is 17.4. The smallest absolute Gasteiger partial charge is 0.339 e. The first-order valence-electron chi connectivity index (χ1n) is 13.1. The lowest BCUT2D eigenvalue weighted by Crippen LogP contribution is -2.49. The second-order valence-electron chi connectivity index (χ2n) is 10.4. The minimum Gasteiger partial charge on any atom is -0.452 e. The Kier molecular flexibility index (Phi) is 6.90. The number of allylic oxidation sites excluding steroid dienone is 1. The molecule has 1 aliphatic carbocycles. The highest BCUT2D eigenvalue weighted by molar-refractivity contribution is 6.07. The number of ether oxygens (including phenoxy) is 1. The SMILES string of the molecule is CC1CC(=Cc2ccccc2)c2nc3ccccc3c(C(=O)OCC(=O)N3C(C)CCCC3C)c2C1. The molecule has 1 fully saturated rings. The molecule has 0 spiro atoms. The zero-order valence-electron chi connectivity index (χ0n) is 21.4. The number of rotatable bonds is 4. The van der Waals surface area contributed by atoms with Gasteiger partial charge < -0.3 is 9.64 Å². The van der Waals surface area contributed by atoms with Gasteiger partial charge in [-0.1, -0.05) is 55.5 Å². The number of fused-ring (bicyclic) bond motifs is 2. The van der Waals surface area contributed by atoms with Gasteiger partial charge in [0.25, 0.3) is 5.91 Å². The van der Waals surface area contributed by atoms with Gasteiger partial charge in [0.1, 0.15) is 0 Å². The number of para-hydroxylation sites is 1. The number of carbonyl (C=O) groups is 2. The van der Waals surface area contributed by atoms with Gasteiger partial charge in [-0.2, -0.15) is 0 Å². The van der Waals surface area contributed by atoms with E-state index in [1.54, 1.807) is 0 Å². The summed E-state index contributed by atoms with van der Waals surface area (Å²) in [7, 11) is 0. The molecule has 186 valence electrons. The van der Waals surface area contributed by atoms with Crippen LogP contribution in [0.5, 0.6) is 0 Å². The van der Waals surface area contributed by atoms with E-state index in [0.717, 1.165) is 65.4 Å². The van der Waals surface area contributed by atoms with Crippen molar-refractivity contribution in [2.24, 2.45) is 5.92 Å². The predicted molar refractivity (Wildman–Crippen MR) is 143 cm³/mol. The molecule has 0 saturated carbocycles. The Morgan fingerprint density at radius 3 is 2.42 bits per heavy atom. The van der Waals surface area contributed by atoms with Gasteiger partial charge >= 0.3 is 5.97 Å². The van der Waals surface area contributed by atoms with Gasteiger partial charge in [0, 0.05) is 17.5 Å². The van der Waals surface area contributed by atoms with E-state index >= 15 is 0 Å². The topological polar surface area (TPSA) is 59.5 Å². The number of aromatic nitrogens is 1. The second kappa shape index (κ2) is 10.3. The molecule has 0 N–H and O–H groups in total. The average molecular weight is 483 g/mol. The van der Waals surface area contributed by atoms with Crippen molar-refractivity contribution in [3.63, 3.8) is 0 Å². The fourth-order valence-corrected chi connectivity index (χ4v) is 5.91. The average Bonchev–Trinajstić information content (AvgIpc) is 2.86. The maximum absolute atomic E-state index is 13.6. The highest BCUT2D eigenvalue weighted by atomic mass is 16.5. The quantitative estimate of drug-likeness (QED) is 0.409. The molecule has 3 aromatic rings. The minimum absolute atomic E-state index is 0.117. The summed E-state index contributed by atoms with van der Waals surface area (Å²) >= 11 is 0. The van der Waals surface area contributed by atoms with Crippen LogP contribution in [-0.2, 0) is 16.0 Å². The summed E-state index contributed by atoms with van der Waals surface area (Å²) in [6.45, 7) is 6.12. The monoisotopic (exact) mass is 482 g/mol. The molecule has 5 nitrogen and oxygen atoms in total. The third-order valence-electron chi connectivity index (χ3n) is 7.57.